The van der Waals surface area contributed by atoms with E-state index in [4.69, 9.17) is 0 Å². The number of likely N-dealkylation sites (tertiary alicyclic amines) is 1. The van der Waals surface area contributed by atoms with E-state index in [2.05, 4.69) is 10.2 Å². The van der Waals surface area contributed by atoms with Crippen LogP contribution in [0.4, 0.5) is 0 Å². The van der Waals surface area contributed by atoms with Gasteiger partial charge in [-0.25, -0.2) is 0 Å². The molecule has 4 heteroatoms. The summed E-state index contributed by atoms with van der Waals surface area (Å²) < 4.78 is 0. The fourth-order valence-corrected chi connectivity index (χ4v) is 1.60. The zero-order valence-corrected chi connectivity index (χ0v) is 8.23. The van der Waals surface area contributed by atoms with Crippen LogP contribution in [-0.2, 0) is 0 Å². The summed E-state index contributed by atoms with van der Waals surface area (Å²) in [6.45, 7) is 3.57. The molecule has 1 saturated heterocycles. The molecule has 14 heavy (non-hydrogen) atoms. The molecule has 1 amide bonds. The van der Waals surface area contributed by atoms with Crippen LogP contribution >= 0.6 is 0 Å². The SMILES string of the molecule is Cc1ccc(C(=O)N2CCCC2)nn1. The van der Waals surface area contributed by atoms with Crippen LogP contribution in [0, 0.1) is 6.92 Å². The molecule has 0 aliphatic carbocycles. The minimum Gasteiger partial charge on any atom is -0.337 e. The van der Waals surface area contributed by atoms with E-state index < -0.39 is 0 Å². The van der Waals surface area contributed by atoms with Crippen LogP contribution in [0.1, 0.15) is 29.0 Å². The maximum atomic E-state index is 11.8. The number of carbonyl (C=O) groups is 1. The molecule has 0 radical (unpaired) electrons. The van der Waals surface area contributed by atoms with Gasteiger partial charge >= 0.3 is 0 Å². The van der Waals surface area contributed by atoms with Gasteiger partial charge in [-0.15, -0.1) is 5.10 Å². The van der Waals surface area contributed by atoms with E-state index in [1.165, 1.54) is 0 Å². The minimum atomic E-state index is 0.00926. The molecule has 0 saturated carbocycles. The zero-order valence-electron chi connectivity index (χ0n) is 8.23. The Labute approximate surface area is 82.9 Å². The van der Waals surface area contributed by atoms with Gasteiger partial charge in [-0.1, -0.05) is 0 Å². The molecule has 1 fully saturated rings. The summed E-state index contributed by atoms with van der Waals surface area (Å²) in [6, 6.07) is 3.55. The third-order valence-electron chi connectivity index (χ3n) is 2.41. The number of aryl methyl sites for hydroxylation is 1. The van der Waals surface area contributed by atoms with Crippen LogP contribution < -0.4 is 0 Å². The van der Waals surface area contributed by atoms with Gasteiger partial charge in [0.15, 0.2) is 5.69 Å². The first-order valence-electron chi connectivity index (χ1n) is 4.87. The van der Waals surface area contributed by atoms with Gasteiger partial charge in [0.25, 0.3) is 5.91 Å². The highest BCUT2D eigenvalue weighted by atomic mass is 16.2. The Morgan fingerprint density at radius 2 is 2.00 bits per heavy atom. The molecule has 1 aliphatic heterocycles. The number of rotatable bonds is 1. The van der Waals surface area contributed by atoms with Crippen molar-refractivity contribution in [3.63, 3.8) is 0 Å². The third-order valence-corrected chi connectivity index (χ3v) is 2.41. The molecule has 74 valence electrons. The van der Waals surface area contributed by atoms with Gasteiger partial charge in [-0.3, -0.25) is 4.79 Å². The summed E-state index contributed by atoms with van der Waals surface area (Å²) in [4.78, 5) is 13.6. The topological polar surface area (TPSA) is 46.1 Å². The van der Waals surface area contributed by atoms with Crippen molar-refractivity contribution in [2.45, 2.75) is 19.8 Å². The van der Waals surface area contributed by atoms with Crippen molar-refractivity contribution in [3.05, 3.63) is 23.5 Å². The molecule has 0 aromatic carbocycles. The van der Waals surface area contributed by atoms with E-state index in [9.17, 15) is 4.79 Å². The predicted molar refractivity (Wildman–Crippen MR) is 51.9 cm³/mol. The zero-order chi connectivity index (χ0) is 9.97. The van der Waals surface area contributed by atoms with Crippen molar-refractivity contribution < 1.29 is 4.79 Å². The maximum Gasteiger partial charge on any atom is 0.274 e. The molecule has 2 rings (SSSR count). The molecule has 0 atom stereocenters. The van der Waals surface area contributed by atoms with Gasteiger partial charge in [-0.05, 0) is 31.9 Å². The molecule has 1 aromatic rings. The summed E-state index contributed by atoms with van der Waals surface area (Å²) in [5.41, 5.74) is 1.29. The van der Waals surface area contributed by atoms with Crippen molar-refractivity contribution in [1.82, 2.24) is 15.1 Å². The Kier molecular flexibility index (Phi) is 2.43. The highest BCUT2D eigenvalue weighted by Gasteiger charge is 2.20. The van der Waals surface area contributed by atoms with Crippen LogP contribution in [0.25, 0.3) is 0 Å². The molecular weight excluding hydrogens is 178 g/mol. The Balaban J connectivity index is 2.14. The molecule has 0 unspecified atom stereocenters. The lowest BCUT2D eigenvalue weighted by Crippen LogP contribution is -2.28. The third kappa shape index (κ3) is 1.73. The molecule has 1 aromatic heterocycles. The summed E-state index contributed by atoms with van der Waals surface area (Å²) in [7, 11) is 0. The van der Waals surface area contributed by atoms with E-state index in [0.717, 1.165) is 31.6 Å². The fourth-order valence-electron chi connectivity index (χ4n) is 1.60. The van der Waals surface area contributed by atoms with Crippen molar-refractivity contribution >= 4 is 5.91 Å². The number of carbonyl (C=O) groups excluding carboxylic acids is 1. The lowest BCUT2D eigenvalue weighted by molar-refractivity contribution is 0.0786. The highest BCUT2D eigenvalue weighted by molar-refractivity contribution is 5.92. The van der Waals surface area contributed by atoms with Gasteiger partial charge in [0.05, 0.1) is 5.69 Å². The Morgan fingerprint density at radius 3 is 2.57 bits per heavy atom. The van der Waals surface area contributed by atoms with Crippen LogP contribution in [0.5, 0.6) is 0 Å². The first-order chi connectivity index (χ1) is 6.77. The van der Waals surface area contributed by atoms with Crippen molar-refractivity contribution in [1.29, 1.82) is 0 Å². The Morgan fingerprint density at radius 1 is 1.29 bits per heavy atom. The number of hydrogen-bond donors (Lipinski definition) is 0. The average molecular weight is 191 g/mol. The largest absolute Gasteiger partial charge is 0.337 e. The van der Waals surface area contributed by atoms with Crippen LogP contribution in [0.3, 0.4) is 0 Å². The van der Waals surface area contributed by atoms with E-state index in [-0.39, 0.29) is 5.91 Å². The van der Waals surface area contributed by atoms with Gasteiger partial charge in [-0.2, -0.15) is 5.10 Å². The van der Waals surface area contributed by atoms with Gasteiger partial charge in [0.1, 0.15) is 0 Å². The summed E-state index contributed by atoms with van der Waals surface area (Å²) in [5.74, 6) is 0.00926. The predicted octanol–water partition coefficient (Wildman–Crippen LogP) is 1.02. The van der Waals surface area contributed by atoms with E-state index >= 15 is 0 Å². The van der Waals surface area contributed by atoms with Crippen molar-refractivity contribution in [3.8, 4) is 0 Å². The lowest BCUT2D eigenvalue weighted by atomic mass is 10.3. The lowest BCUT2D eigenvalue weighted by Gasteiger charge is -2.13. The maximum absolute atomic E-state index is 11.8. The normalized spacial score (nSPS) is 15.9. The number of hydrogen-bond acceptors (Lipinski definition) is 3. The summed E-state index contributed by atoms with van der Waals surface area (Å²) in [6.07, 6.45) is 2.20. The molecule has 4 nitrogen and oxygen atoms in total. The second-order valence-electron chi connectivity index (χ2n) is 3.56. The van der Waals surface area contributed by atoms with Crippen LogP contribution in [0.15, 0.2) is 12.1 Å². The Bertz CT molecular complexity index is 328. The molecule has 2 heterocycles. The quantitative estimate of drug-likeness (QED) is 0.665. The molecular formula is C10H13N3O. The molecule has 1 aliphatic rings. The molecule has 0 N–H and O–H groups in total. The number of nitrogens with zero attached hydrogens (tertiary/aromatic N) is 3. The molecule has 0 bridgehead atoms. The monoisotopic (exact) mass is 191 g/mol. The second-order valence-corrected chi connectivity index (χ2v) is 3.56. The second kappa shape index (κ2) is 3.74. The first-order valence-corrected chi connectivity index (χ1v) is 4.87. The minimum absolute atomic E-state index is 0.00926. The van der Waals surface area contributed by atoms with Gasteiger partial charge < -0.3 is 4.90 Å². The summed E-state index contributed by atoms with van der Waals surface area (Å²) in [5, 5.41) is 7.76. The highest BCUT2D eigenvalue weighted by Crippen LogP contribution is 2.10. The number of aromatic nitrogens is 2. The van der Waals surface area contributed by atoms with Crippen LogP contribution in [0.2, 0.25) is 0 Å². The Hall–Kier alpha value is -1.45. The van der Waals surface area contributed by atoms with E-state index in [1.807, 2.05) is 17.9 Å². The molecule has 0 spiro atoms. The van der Waals surface area contributed by atoms with E-state index in [1.54, 1.807) is 6.07 Å². The smallest absolute Gasteiger partial charge is 0.274 e. The van der Waals surface area contributed by atoms with Gasteiger partial charge in [0.2, 0.25) is 0 Å². The van der Waals surface area contributed by atoms with Crippen molar-refractivity contribution in [2.75, 3.05) is 13.1 Å². The number of amides is 1. The van der Waals surface area contributed by atoms with E-state index in [0.29, 0.717) is 5.69 Å². The van der Waals surface area contributed by atoms with Crippen molar-refractivity contribution in [2.24, 2.45) is 0 Å². The summed E-state index contributed by atoms with van der Waals surface area (Å²) >= 11 is 0. The average Bonchev–Trinajstić information content (AvgIpc) is 2.71. The van der Waals surface area contributed by atoms with Gasteiger partial charge in [0, 0.05) is 13.1 Å². The first kappa shape index (κ1) is 9.12. The fraction of sp³-hybridized carbons (Fsp3) is 0.500. The van der Waals surface area contributed by atoms with Crippen LogP contribution in [-0.4, -0.2) is 34.1 Å². The standard InChI is InChI=1S/C10H13N3O/c1-8-4-5-9(12-11-8)10(14)13-6-2-3-7-13/h4-5H,2-3,6-7H2,1H3.